The number of likely N-dealkylation sites (N-methyl/N-ethyl adjacent to an activating group) is 1. The molecule has 0 aromatic rings. The summed E-state index contributed by atoms with van der Waals surface area (Å²) in [6.07, 6.45) is 1.45. The zero-order valence-electron chi connectivity index (χ0n) is 7.29. The summed E-state index contributed by atoms with van der Waals surface area (Å²) in [5.41, 5.74) is 5.36. The van der Waals surface area contributed by atoms with E-state index in [2.05, 4.69) is 14.6 Å². The lowest BCUT2D eigenvalue weighted by Crippen LogP contribution is -2.27. The molecule has 4 nitrogen and oxygen atoms in total. The van der Waals surface area contributed by atoms with Crippen LogP contribution in [0.5, 0.6) is 0 Å². The Morgan fingerprint density at radius 3 is 2.82 bits per heavy atom. The largest absolute Gasteiger partial charge is 0.487 e. The van der Waals surface area contributed by atoms with Crippen LogP contribution in [0.4, 0.5) is 0 Å². The summed E-state index contributed by atoms with van der Waals surface area (Å²) in [7, 11) is 3.61. The summed E-state index contributed by atoms with van der Waals surface area (Å²) in [5.74, 6) is 0. The molecule has 0 saturated carbocycles. The molecule has 0 rings (SSSR count). The first-order valence-corrected chi connectivity index (χ1v) is 3.71. The van der Waals surface area contributed by atoms with E-state index in [1.54, 1.807) is 7.11 Å². The second-order valence-electron chi connectivity index (χ2n) is 2.34. The van der Waals surface area contributed by atoms with Gasteiger partial charge in [0.05, 0.1) is 13.7 Å². The Bertz CT molecular complexity index is 106. The van der Waals surface area contributed by atoms with Crippen molar-refractivity contribution < 1.29 is 4.74 Å². The second kappa shape index (κ2) is 7.50. The number of nitrogens with two attached hydrogens (primary N) is 1. The van der Waals surface area contributed by atoms with Crippen LogP contribution in [0.1, 0.15) is 0 Å². The van der Waals surface area contributed by atoms with Gasteiger partial charge in [-0.2, -0.15) is 0 Å². The third kappa shape index (κ3) is 7.29. The summed E-state index contributed by atoms with van der Waals surface area (Å²) in [4.78, 5) is 6.11. The minimum atomic E-state index is 0.699. The van der Waals surface area contributed by atoms with Gasteiger partial charge in [-0.25, -0.2) is 0 Å². The first-order chi connectivity index (χ1) is 5.31. The normalized spacial score (nSPS) is 11.3. The van der Waals surface area contributed by atoms with Crippen LogP contribution in [0.2, 0.25) is 0 Å². The van der Waals surface area contributed by atoms with E-state index in [9.17, 15) is 0 Å². The molecule has 2 N–H and O–H groups in total. The lowest BCUT2D eigenvalue weighted by Gasteiger charge is -2.12. The molecule has 0 fully saturated rings. The predicted molar refractivity (Wildman–Crippen MR) is 46.9 cm³/mol. The maximum Gasteiger partial charge on any atom is 0.169 e. The SMILES string of the molecule is COC=NCCN(C)CCN. The van der Waals surface area contributed by atoms with Crippen molar-refractivity contribution in [2.75, 3.05) is 40.3 Å². The number of hydrogen-bond acceptors (Lipinski definition) is 4. The Labute approximate surface area is 68.0 Å². The van der Waals surface area contributed by atoms with Gasteiger partial charge in [-0.15, -0.1) is 0 Å². The number of hydrogen-bond donors (Lipinski definition) is 1. The fourth-order valence-electron chi connectivity index (χ4n) is 0.688. The topological polar surface area (TPSA) is 50.8 Å². The van der Waals surface area contributed by atoms with E-state index in [0.717, 1.165) is 19.6 Å². The van der Waals surface area contributed by atoms with Crippen LogP contribution < -0.4 is 5.73 Å². The highest BCUT2D eigenvalue weighted by atomic mass is 16.5. The highest BCUT2D eigenvalue weighted by Gasteiger charge is 1.92. The summed E-state index contributed by atoms with van der Waals surface area (Å²) in [5, 5.41) is 0. The van der Waals surface area contributed by atoms with Crippen molar-refractivity contribution in [3.8, 4) is 0 Å². The minimum absolute atomic E-state index is 0.699. The van der Waals surface area contributed by atoms with E-state index < -0.39 is 0 Å². The monoisotopic (exact) mass is 159 g/mol. The van der Waals surface area contributed by atoms with Gasteiger partial charge in [-0.3, -0.25) is 4.99 Å². The summed E-state index contributed by atoms with van der Waals surface area (Å²) < 4.78 is 4.65. The molecule has 0 aromatic carbocycles. The second-order valence-corrected chi connectivity index (χ2v) is 2.34. The lowest BCUT2D eigenvalue weighted by atomic mass is 10.5. The van der Waals surface area contributed by atoms with Crippen LogP contribution in [0.3, 0.4) is 0 Å². The zero-order chi connectivity index (χ0) is 8.53. The van der Waals surface area contributed by atoms with Crippen molar-refractivity contribution in [3.05, 3.63) is 0 Å². The quantitative estimate of drug-likeness (QED) is 0.422. The molecule has 0 aromatic heterocycles. The number of ether oxygens (including phenoxy) is 1. The first kappa shape index (κ1) is 10.4. The summed E-state index contributed by atoms with van der Waals surface area (Å²) in [6.45, 7) is 3.31. The molecule has 0 atom stereocenters. The van der Waals surface area contributed by atoms with E-state index in [4.69, 9.17) is 5.73 Å². The van der Waals surface area contributed by atoms with Crippen LogP contribution in [-0.2, 0) is 4.74 Å². The van der Waals surface area contributed by atoms with Crippen LogP contribution in [0.25, 0.3) is 0 Å². The number of rotatable bonds is 6. The number of methoxy groups -OCH3 is 1. The Hall–Kier alpha value is -0.610. The molecule has 4 heteroatoms. The van der Waals surface area contributed by atoms with Gasteiger partial charge in [0.1, 0.15) is 0 Å². The Kier molecular flexibility index (Phi) is 7.08. The summed E-state index contributed by atoms with van der Waals surface area (Å²) >= 11 is 0. The lowest BCUT2D eigenvalue weighted by molar-refractivity contribution is 0.351. The highest BCUT2D eigenvalue weighted by Crippen LogP contribution is 1.79. The van der Waals surface area contributed by atoms with Crippen molar-refractivity contribution in [1.29, 1.82) is 0 Å². The molecule has 0 amide bonds. The molecule has 0 aliphatic rings. The van der Waals surface area contributed by atoms with E-state index in [1.165, 1.54) is 6.40 Å². The van der Waals surface area contributed by atoms with Crippen molar-refractivity contribution in [1.82, 2.24) is 4.90 Å². The molecular formula is C7H17N3O. The average Bonchev–Trinajstić information content (AvgIpc) is 1.99. The third-order valence-electron chi connectivity index (χ3n) is 1.30. The molecule has 0 spiro atoms. The van der Waals surface area contributed by atoms with E-state index in [-0.39, 0.29) is 0 Å². The van der Waals surface area contributed by atoms with Crippen LogP contribution in [-0.4, -0.2) is 51.6 Å². The fraction of sp³-hybridized carbons (Fsp3) is 0.857. The van der Waals surface area contributed by atoms with Gasteiger partial charge in [0.25, 0.3) is 0 Å². The van der Waals surface area contributed by atoms with Crippen molar-refractivity contribution in [3.63, 3.8) is 0 Å². The maximum absolute atomic E-state index is 5.36. The van der Waals surface area contributed by atoms with Gasteiger partial charge in [0.15, 0.2) is 6.40 Å². The number of aliphatic imine (C=N–C) groups is 1. The van der Waals surface area contributed by atoms with Crippen LogP contribution >= 0.6 is 0 Å². The Balaban J connectivity index is 3.16. The van der Waals surface area contributed by atoms with Crippen molar-refractivity contribution in [2.45, 2.75) is 0 Å². The standard InChI is InChI=1S/C7H17N3O/c1-10(5-3-8)6-4-9-7-11-2/h7H,3-6,8H2,1-2H3. The zero-order valence-corrected chi connectivity index (χ0v) is 7.29. The van der Waals surface area contributed by atoms with Gasteiger partial charge < -0.3 is 15.4 Å². The van der Waals surface area contributed by atoms with Crippen LogP contribution in [0.15, 0.2) is 4.99 Å². The molecule has 0 bridgehead atoms. The van der Waals surface area contributed by atoms with Crippen molar-refractivity contribution >= 4 is 6.40 Å². The molecule has 0 unspecified atom stereocenters. The molecule has 11 heavy (non-hydrogen) atoms. The minimum Gasteiger partial charge on any atom is -0.487 e. The number of nitrogens with zero attached hydrogens (tertiary/aromatic N) is 2. The highest BCUT2D eigenvalue weighted by molar-refractivity contribution is 5.45. The van der Waals surface area contributed by atoms with Gasteiger partial charge in [0.2, 0.25) is 0 Å². The molecule has 0 heterocycles. The molecule has 0 radical (unpaired) electrons. The van der Waals surface area contributed by atoms with E-state index in [0.29, 0.717) is 6.54 Å². The van der Waals surface area contributed by atoms with E-state index in [1.807, 2.05) is 7.05 Å². The third-order valence-corrected chi connectivity index (χ3v) is 1.30. The molecule has 66 valence electrons. The fourth-order valence-corrected chi connectivity index (χ4v) is 0.688. The average molecular weight is 159 g/mol. The summed E-state index contributed by atoms with van der Waals surface area (Å²) in [6, 6.07) is 0. The van der Waals surface area contributed by atoms with Gasteiger partial charge in [-0.05, 0) is 7.05 Å². The smallest absolute Gasteiger partial charge is 0.169 e. The Morgan fingerprint density at radius 1 is 1.55 bits per heavy atom. The van der Waals surface area contributed by atoms with E-state index >= 15 is 0 Å². The predicted octanol–water partition coefficient (Wildman–Crippen LogP) is -0.448. The van der Waals surface area contributed by atoms with Gasteiger partial charge >= 0.3 is 0 Å². The first-order valence-electron chi connectivity index (χ1n) is 3.71. The Morgan fingerprint density at radius 2 is 2.27 bits per heavy atom. The van der Waals surface area contributed by atoms with Crippen molar-refractivity contribution in [2.24, 2.45) is 10.7 Å². The van der Waals surface area contributed by atoms with Gasteiger partial charge in [0, 0.05) is 19.6 Å². The molecule has 0 saturated heterocycles. The molecular weight excluding hydrogens is 142 g/mol. The van der Waals surface area contributed by atoms with Gasteiger partial charge in [-0.1, -0.05) is 0 Å². The maximum atomic E-state index is 5.36. The molecule has 0 aliphatic heterocycles. The van der Waals surface area contributed by atoms with Crippen LogP contribution in [0, 0.1) is 0 Å². The molecule has 0 aliphatic carbocycles.